The van der Waals surface area contributed by atoms with E-state index in [1.165, 1.54) is 11.8 Å². The maximum absolute atomic E-state index is 10.3. The van der Waals surface area contributed by atoms with Crippen LogP contribution in [-0.2, 0) is 4.79 Å². The topological polar surface area (TPSA) is 61.3 Å². The Balaban J connectivity index is 2.24. The molecule has 0 amide bonds. The van der Waals surface area contributed by atoms with E-state index >= 15 is 0 Å². The maximum atomic E-state index is 10.3. The van der Waals surface area contributed by atoms with Gasteiger partial charge in [0.1, 0.15) is 6.29 Å². The highest BCUT2D eigenvalue weighted by Crippen LogP contribution is 2.31. The van der Waals surface area contributed by atoms with Crippen molar-refractivity contribution in [3.63, 3.8) is 0 Å². The Labute approximate surface area is 121 Å². The monoisotopic (exact) mass is 290 g/mol. The van der Waals surface area contributed by atoms with Gasteiger partial charge in [-0.25, -0.2) is 9.97 Å². The van der Waals surface area contributed by atoms with Crippen LogP contribution in [0.15, 0.2) is 35.7 Å². The summed E-state index contributed by atoms with van der Waals surface area (Å²) in [6.07, 6.45) is 4.28. The maximum Gasteiger partial charge on any atom is 0.187 e. The molecule has 0 saturated heterocycles. The zero-order chi connectivity index (χ0) is 14.4. The molecule has 2 rings (SSSR count). The molecule has 20 heavy (non-hydrogen) atoms. The average molecular weight is 290 g/mol. The van der Waals surface area contributed by atoms with Crippen LogP contribution in [0.4, 0.5) is 0 Å². The molecule has 0 unspecified atom stereocenters. The van der Waals surface area contributed by atoms with E-state index in [4.69, 9.17) is 9.47 Å². The Kier molecular flexibility index (Phi) is 4.95. The zero-order valence-corrected chi connectivity index (χ0v) is 12.0. The molecule has 0 aliphatic rings. The molecule has 0 aliphatic carbocycles. The number of ether oxygens (including phenoxy) is 2. The minimum atomic E-state index is 0.357. The van der Waals surface area contributed by atoms with Gasteiger partial charge in [0.2, 0.25) is 0 Å². The van der Waals surface area contributed by atoms with E-state index in [1.54, 1.807) is 26.6 Å². The molecule has 0 bridgehead atoms. The SMILES string of the molecule is COc1ccc(-c2cnc(SCC=O)nc2)cc1OC. The highest BCUT2D eigenvalue weighted by atomic mass is 32.2. The molecule has 1 aromatic heterocycles. The summed E-state index contributed by atoms with van der Waals surface area (Å²) in [6.45, 7) is 0. The number of benzene rings is 1. The molecule has 0 atom stereocenters. The number of aromatic nitrogens is 2. The highest BCUT2D eigenvalue weighted by molar-refractivity contribution is 7.99. The summed E-state index contributed by atoms with van der Waals surface area (Å²) in [5.74, 6) is 1.69. The number of rotatable bonds is 6. The van der Waals surface area contributed by atoms with Crippen molar-refractivity contribution in [2.75, 3.05) is 20.0 Å². The third kappa shape index (κ3) is 3.27. The number of carbonyl (C=O) groups is 1. The molecule has 2 aromatic rings. The lowest BCUT2D eigenvalue weighted by Crippen LogP contribution is -1.92. The van der Waals surface area contributed by atoms with Gasteiger partial charge in [-0.2, -0.15) is 0 Å². The Morgan fingerprint density at radius 1 is 1.10 bits per heavy atom. The van der Waals surface area contributed by atoms with Crippen molar-refractivity contribution in [1.82, 2.24) is 9.97 Å². The van der Waals surface area contributed by atoms with Gasteiger partial charge in [0.25, 0.3) is 0 Å². The molecular formula is C14H14N2O3S. The van der Waals surface area contributed by atoms with Gasteiger partial charge in [-0.15, -0.1) is 0 Å². The Morgan fingerprint density at radius 3 is 2.40 bits per heavy atom. The number of methoxy groups -OCH3 is 2. The van der Waals surface area contributed by atoms with Crippen LogP contribution in [-0.4, -0.2) is 36.2 Å². The van der Waals surface area contributed by atoms with Crippen LogP contribution >= 0.6 is 11.8 Å². The van der Waals surface area contributed by atoms with Crippen molar-refractivity contribution >= 4 is 18.0 Å². The largest absolute Gasteiger partial charge is 0.493 e. The predicted molar refractivity (Wildman–Crippen MR) is 77.4 cm³/mol. The average Bonchev–Trinajstić information content (AvgIpc) is 2.52. The van der Waals surface area contributed by atoms with Crippen LogP contribution in [0.2, 0.25) is 0 Å². The van der Waals surface area contributed by atoms with Crippen molar-refractivity contribution in [3.8, 4) is 22.6 Å². The summed E-state index contributed by atoms with van der Waals surface area (Å²) in [4.78, 5) is 18.7. The number of thioether (sulfide) groups is 1. The lowest BCUT2D eigenvalue weighted by Gasteiger charge is -2.09. The van der Waals surface area contributed by atoms with Crippen LogP contribution < -0.4 is 9.47 Å². The zero-order valence-electron chi connectivity index (χ0n) is 11.2. The van der Waals surface area contributed by atoms with E-state index < -0.39 is 0 Å². The van der Waals surface area contributed by atoms with Gasteiger partial charge < -0.3 is 14.3 Å². The summed E-state index contributed by atoms with van der Waals surface area (Å²) in [5, 5.41) is 0.585. The molecule has 104 valence electrons. The molecule has 1 aromatic carbocycles. The molecule has 6 heteroatoms. The highest BCUT2D eigenvalue weighted by Gasteiger charge is 2.07. The third-order valence-electron chi connectivity index (χ3n) is 2.63. The van der Waals surface area contributed by atoms with Gasteiger partial charge >= 0.3 is 0 Å². The summed E-state index contributed by atoms with van der Waals surface area (Å²) < 4.78 is 10.5. The van der Waals surface area contributed by atoms with Crippen molar-refractivity contribution in [2.45, 2.75) is 5.16 Å². The molecule has 0 spiro atoms. The second-order valence-corrected chi connectivity index (χ2v) is 4.79. The van der Waals surface area contributed by atoms with E-state index in [9.17, 15) is 4.79 Å². The number of hydrogen-bond donors (Lipinski definition) is 0. The first kappa shape index (κ1) is 14.3. The van der Waals surface area contributed by atoms with Crippen molar-refractivity contribution < 1.29 is 14.3 Å². The van der Waals surface area contributed by atoms with Gasteiger partial charge in [0, 0.05) is 18.0 Å². The van der Waals surface area contributed by atoms with Crippen LogP contribution in [0.5, 0.6) is 11.5 Å². The quantitative estimate of drug-likeness (QED) is 0.462. The third-order valence-corrected chi connectivity index (χ3v) is 3.40. The summed E-state index contributed by atoms with van der Waals surface area (Å²) >= 11 is 1.30. The number of nitrogens with zero attached hydrogens (tertiary/aromatic N) is 2. The van der Waals surface area contributed by atoms with Gasteiger partial charge in [0.05, 0.1) is 20.0 Å². The van der Waals surface area contributed by atoms with Crippen molar-refractivity contribution in [2.24, 2.45) is 0 Å². The Morgan fingerprint density at radius 2 is 1.80 bits per heavy atom. The van der Waals surface area contributed by atoms with Gasteiger partial charge in [-0.3, -0.25) is 0 Å². The first-order valence-electron chi connectivity index (χ1n) is 5.89. The molecule has 1 heterocycles. The fourth-order valence-corrected chi connectivity index (χ4v) is 2.14. The molecule has 0 fully saturated rings. The van der Waals surface area contributed by atoms with Crippen LogP contribution in [0.1, 0.15) is 0 Å². The van der Waals surface area contributed by atoms with Gasteiger partial charge in [-0.05, 0) is 17.7 Å². The van der Waals surface area contributed by atoms with E-state index in [2.05, 4.69) is 9.97 Å². The van der Waals surface area contributed by atoms with Crippen molar-refractivity contribution in [1.29, 1.82) is 0 Å². The normalized spacial score (nSPS) is 10.1. The van der Waals surface area contributed by atoms with Crippen LogP contribution in [0, 0.1) is 0 Å². The first-order chi connectivity index (χ1) is 9.78. The second-order valence-electron chi connectivity index (χ2n) is 3.80. The molecule has 0 N–H and O–H groups in total. The molecule has 0 aliphatic heterocycles. The minimum absolute atomic E-state index is 0.357. The fraction of sp³-hybridized carbons (Fsp3) is 0.214. The second kappa shape index (κ2) is 6.91. The van der Waals surface area contributed by atoms with E-state index in [1.807, 2.05) is 18.2 Å². The van der Waals surface area contributed by atoms with Gasteiger partial charge in [0.15, 0.2) is 16.7 Å². The lowest BCUT2D eigenvalue weighted by atomic mass is 10.1. The van der Waals surface area contributed by atoms with Crippen LogP contribution in [0.25, 0.3) is 11.1 Å². The van der Waals surface area contributed by atoms with Crippen molar-refractivity contribution in [3.05, 3.63) is 30.6 Å². The summed E-state index contributed by atoms with van der Waals surface area (Å²) in [7, 11) is 3.19. The van der Waals surface area contributed by atoms with Crippen LogP contribution in [0.3, 0.4) is 0 Å². The predicted octanol–water partition coefficient (Wildman–Crippen LogP) is 2.45. The summed E-state index contributed by atoms with van der Waals surface area (Å²) in [5.41, 5.74) is 1.82. The fourth-order valence-electron chi connectivity index (χ4n) is 1.66. The molecule has 5 nitrogen and oxygen atoms in total. The minimum Gasteiger partial charge on any atom is -0.493 e. The number of hydrogen-bond acceptors (Lipinski definition) is 6. The lowest BCUT2D eigenvalue weighted by molar-refractivity contribution is -0.105. The number of carbonyl (C=O) groups excluding carboxylic acids is 1. The smallest absolute Gasteiger partial charge is 0.187 e. The standard InChI is InChI=1S/C14H14N2O3S/c1-18-12-4-3-10(7-13(12)19-2)11-8-15-14(16-9-11)20-6-5-17/h3-5,7-9H,6H2,1-2H3. The van der Waals surface area contributed by atoms with E-state index in [0.717, 1.165) is 17.4 Å². The first-order valence-corrected chi connectivity index (χ1v) is 6.88. The van der Waals surface area contributed by atoms with E-state index in [0.29, 0.717) is 22.4 Å². The Bertz CT molecular complexity index is 587. The van der Waals surface area contributed by atoms with E-state index in [-0.39, 0.29) is 0 Å². The molecule has 0 saturated carbocycles. The van der Waals surface area contributed by atoms with Gasteiger partial charge in [-0.1, -0.05) is 17.8 Å². The Hall–Kier alpha value is -2.08. The summed E-state index contributed by atoms with van der Waals surface area (Å²) in [6, 6.07) is 5.62. The molecule has 0 radical (unpaired) electrons. The number of aldehydes is 1. The molecular weight excluding hydrogens is 276 g/mol.